The van der Waals surface area contributed by atoms with Crippen LogP contribution in [0.5, 0.6) is 11.6 Å². The topological polar surface area (TPSA) is 70.0 Å². The number of pyridine rings is 2. The molecule has 0 spiro atoms. The molecule has 1 fully saturated rings. The van der Waals surface area contributed by atoms with Crippen molar-refractivity contribution in [3.63, 3.8) is 0 Å². The van der Waals surface area contributed by atoms with Gasteiger partial charge in [-0.3, -0.25) is 9.97 Å². The van der Waals surface area contributed by atoms with E-state index in [1.54, 1.807) is 19.5 Å². The van der Waals surface area contributed by atoms with Gasteiger partial charge in [0, 0.05) is 35.6 Å². The normalized spacial score (nSPS) is 18.0. The molecule has 29 heavy (non-hydrogen) atoms. The highest BCUT2D eigenvalue weighted by Crippen LogP contribution is 2.47. The summed E-state index contributed by atoms with van der Waals surface area (Å²) >= 11 is 0. The largest absolute Gasteiger partial charge is 0.495 e. The van der Waals surface area contributed by atoms with E-state index in [4.69, 9.17) is 9.47 Å². The fraction of sp³-hybridized carbons (Fsp3) is 0.304. The minimum atomic E-state index is 0.432. The highest BCUT2D eigenvalue weighted by Gasteiger charge is 2.40. The lowest BCUT2D eigenvalue weighted by atomic mass is 10.2. The summed E-state index contributed by atoms with van der Waals surface area (Å²) in [6.45, 7) is 4.45. The summed E-state index contributed by atoms with van der Waals surface area (Å²) in [5.74, 6) is 2.96. The van der Waals surface area contributed by atoms with Crippen molar-refractivity contribution in [2.75, 3.05) is 13.7 Å². The highest BCUT2D eigenvalue weighted by atomic mass is 16.5. The molecule has 6 nitrogen and oxygen atoms in total. The van der Waals surface area contributed by atoms with Crippen LogP contribution >= 0.6 is 0 Å². The predicted molar refractivity (Wildman–Crippen MR) is 112 cm³/mol. The molecule has 0 radical (unpaired) electrons. The van der Waals surface area contributed by atoms with Gasteiger partial charge in [0.05, 0.1) is 25.5 Å². The Morgan fingerprint density at radius 1 is 1.00 bits per heavy atom. The molecule has 0 amide bonds. The van der Waals surface area contributed by atoms with Gasteiger partial charge in [-0.2, -0.15) is 4.98 Å². The van der Waals surface area contributed by atoms with Crippen molar-refractivity contribution in [3.05, 3.63) is 71.2 Å². The number of hydrogen-bond donors (Lipinski definition) is 0. The van der Waals surface area contributed by atoms with Crippen LogP contribution in [0.1, 0.15) is 40.7 Å². The monoisotopic (exact) mass is 388 g/mol. The molecular weight excluding hydrogens is 364 g/mol. The maximum atomic E-state index is 6.08. The highest BCUT2D eigenvalue weighted by molar-refractivity contribution is 5.71. The average Bonchev–Trinajstić information content (AvgIpc) is 3.52. The molecule has 2 atom stereocenters. The van der Waals surface area contributed by atoms with Crippen LogP contribution in [0, 0.1) is 19.8 Å². The lowest BCUT2D eigenvalue weighted by Gasteiger charge is -2.09. The number of aryl methyl sites for hydroxylation is 2. The molecule has 3 heterocycles. The maximum absolute atomic E-state index is 6.08. The predicted octanol–water partition coefficient (Wildman–Crippen LogP) is 4.24. The van der Waals surface area contributed by atoms with Crippen LogP contribution in [0.4, 0.5) is 0 Å². The van der Waals surface area contributed by atoms with E-state index in [2.05, 4.69) is 19.9 Å². The zero-order valence-electron chi connectivity index (χ0n) is 16.9. The van der Waals surface area contributed by atoms with E-state index in [0.29, 0.717) is 30.1 Å². The van der Waals surface area contributed by atoms with Gasteiger partial charge in [0.25, 0.3) is 0 Å². The molecule has 0 saturated heterocycles. The third kappa shape index (κ3) is 4.77. The molecule has 0 aliphatic heterocycles. The van der Waals surface area contributed by atoms with Crippen LogP contribution < -0.4 is 9.47 Å². The second kappa shape index (κ2) is 8.39. The summed E-state index contributed by atoms with van der Waals surface area (Å²) in [4.78, 5) is 17.6. The molecule has 148 valence electrons. The molecule has 1 unspecified atom stereocenters. The van der Waals surface area contributed by atoms with E-state index in [9.17, 15) is 0 Å². The Kier molecular flexibility index (Phi) is 5.51. The molecule has 1 saturated carbocycles. The first-order chi connectivity index (χ1) is 14.1. The summed E-state index contributed by atoms with van der Waals surface area (Å²) < 4.78 is 11.3. The Hall–Kier alpha value is -3.28. The van der Waals surface area contributed by atoms with Crippen molar-refractivity contribution < 1.29 is 9.47 Å². The van der Waals surface area contributed by atoms with Crippen molar-refractivity contribution in [1.82, 2.24) is 19.9 Å². The Balaban J connectivity index is 1.41. The van der Waals surface area contributed by atoms with E-state index in [-0.39, 0.29) is 0 Å². The fourth-order valence-electron chi connectivity index (χ4n) is 3.16. The van der Waals surface area contributed by atoms with E-state index in [1.165, 1.54) is 0 Å². The zero-order valence-corrected chi connectivity index (χ0v) is 16.9. The van der Waals surface area contributed by atoms with Gasteiger partial charge in [0.1, 0.15) is 11.6 Å². The van der Waals surface area contributed by atoms with E-state index < -0.39 is 0 Å². The third-order valence-electron chi connectivity index (χ3n) is 5.02. The first-order valence-electron chi connectivity index (χ1n) is 9.69. The lowest BCUT2D eigenvalue weighted by Crippen LogP contribution is -2.05. The van der Waals surface area contributed by atoms with E-state index >= 15 is 0 Å². The van der Waals surface area contributed by atoms with Gasteiger partial charge in [-0.25, -0.2) is 4.98 Å². The molecule has 3 aromatic heterocycles. The van der Waals surface area contributed by atoms with Crippen molar-refractivity contribution in [2.45, 2.75) is 26.2 Å². The molecule has 3 aromatic rings. The fourth-order valence-corrected chi connectivity index (χ4v) is 3.16. The number of aromatic nitrogens is 4. The van der Waals surface area contributed by atoms with Gasteiger partial charge in [-0.15, -0.1) is 0 Å². The summed E-state index contributed by atoms with van der Waals surface area (Å²) in [6, 6.07) is 8.01. The summed E-state index contributed by atoms with van der Waals surface area (Å²) in [7, 11) is 1.65. The molecule has 0 N–H and O–H groups in total. The second-order valence-corrected chi connectivity index (χ2v) is 7.28. The van der Waals surface area contributed by atoms with E-state index in [1.807, 2.05) is 56.5 Å². The molecule has 6 heteroatoms. The smallest absolute Gasteiger partial charge is 0.224 e. The zero-order chi connectivity index (χ0) is 20.2. The van der Waals surface area contributed by atoms with Crippen molar-refractivity contribution >= 4 is 12.2 Å². The van der Waals surface area contributed by atoms with Gasteiger partial charge < -0.3 is 9.47 Å². The van der Waals surface area contributed by atoms with Crippen LogP contribution in [0.2, 0.25) is 0 Å². The van der Waals surface area contributed by atoms with Crippen LogP contribution in [0.15, 0.2) is 42.9 Å². The summed E-state index contributed by atoms with van der Waals surface area (Å²) in [5, 5.41) is 0. The molecule has 0 aromatic carbocycles. The lowest BCUT2D eigenvalue weighted by molar-refractivity contribution is 0.283. The van der Waals surface area contributed by atoms with Crippen molar-refractivity contribution in [2.24, 2.45) is 5.92 Å². The average molecular weight is 388 g/mol. The van der Waals surface area contributed by atoms with E-state index in [0.717, 1.165) is 34.7 Å². The van der Waals surface area contributed by atoms with Crippen molar-refractivity contribution in [3.8, 4) is 11.6 Å². The number of ether oxygens (including phenoxy) is 2. The number of methoxy groups -OCH3 is 1. The van der Waals surface area contributed by atoms with Crippen LogP contribution in [-0.4, -0.2) is 33.7 Å². The van der Waals surface area contributed by atoms with Gasteiger partial charge in [0.2, 0.25) is 5.88 Å². The third-order valence-corrected chi connectivity index (χ3v) is 5.02. The Bertz CT molecular complexity index is 1000. The number of hydrogen-bond acceptors (Lipinski definition) is 6. The first kappa shape index (κ1) is 19.1. The minimum Gasteiger partial charge on any atom is -0.495 e. The molecule has 0 bridgehead atoms. The Morgan fingerprint density at radius 2 is 1.90 bits per heavy atom. The quantitative estimate of drug-likeness (QED) is 0.603. The van der Waals surface area contributed by atoms with Gasteiger partial charge in [-0.1, -0.05) is 12.1 Å². The molecule has 1 aliphatic rings. The second-order valence-electron chi connectivity index (χ2n) is 7.28. The maximum Gasteiger partial charge on any atom is 0.224 e. The van der Waals surface area contributed by atoms with Crippen LogP contribution in [0.25, 0.3) is 12.2 Å². The van der Waals surface area contributed by atoms with Crippen LogP contribution in [0.3, 0.4) is 0 Å². The Labute approximate surface area is 170 Å². The number of nitrogens with zero attached hydrogens (tertiary/aromatic N) is 4. The van der Waals surface area contributed by atoms with Gasteiger partial charge in [-0.05, 0) is 50.1 Å². The SMILES string of the molecule is COc1ccc(C2C[C@@H]2COc2nc(C)ncc2/C=C/c2ccc(C)nc2)nc1. The number of rotatable bonds is 7. The Morgan fingerprint density at radius 3 is 2.62 bits per heavy atom. The molecule has 1 aliphatic carbocycles. The van der Waals surface area contributed by atoms with Gasteiger partial charge >= 0.3 is 0 Å². The first-order valence-corrected chi connectivity index (χ1v) is 9.69. The summed E-state index contributed by atoms with van der Waals surface area (Å²) in [5.41, 5.74) is 3.96. The van der Waals surface area contributed by atoms with Gasteiger partial charge in [0.15, 0.2) is 0 Å². The standard InChI is InChI=1S/C23H24N4O2/c1-15-4-5-17(11-24-15)6-7-18-12-25-16(2)27-23(18)29-14-19-10-21(19)22-9-8-20(28-3)13-26-22/h4-9,11-13,19,21H,10,14H2,1-3H3/b7-6+/t19-,21?/m1/s1. The summed E-state index contributed by atoms with van der Waals surface area (Å²) in [6.07, 6.45) is 10.4. The van der Waals surface area contributed by atoms with Crippen molar-refractivity contribution in [1.29, 1.82) is 0 Å². The molecule has 4 rings (SSSR count). The van der Waals surface area contributed by atoms with Crippen LogP contribution in [-0.2, 0) is 0 Å². The molecular formula is C23H24N4O2. The minimum absolute atomic E-state index is 0.432.